The van der Waals surface area contributed by atoms with Gasteiger partial charge in [0.1, 0.15) is 0 Å². The van der Waals surface area contributed by atoms with Crippen LogP contribution in [0.15, 0.2) is 18.2 Å². The molecule has 0 heterocycles. The molecule has 1 aromatic rings. The van der Waals surface area contributed by atoms with Crippen LogP contribution in [0.1, 0.15) is 18.4 Å². The Balaban J connectivity index is 2.54. The van der Waals surface area contributed by atoms with Gasteiger partial charge in [0, 0.05) is 5.56 Å². The SMILES string of the molecule is COc1ccc(C2=CCC2)c(OC)c1OC. The minimum atomic E-state index is 0.662. The topological polar surface area (TPSA) is 27.7 Å². The van der Waals surface area contributed by atoms with Crippen LogP contribution >= 0.6 is 0 Å². The normalized spacial score (nSPS) is 13.8. The predicted octanol–water partition coefficient (Wildman–Crippen LogP) is 2.89. The minimum Gasteiger partial charge on any atom is -0.493 e. The van der Waals surface area contributed by atoms with Crippen molar-refractivity contribution in [2.24, 2.45) is 0 Å². The van der Waals surface area contributed by atoms with Gasteiger partial charge in [0.15, 0.2) is 11.5 Å². The van der Waals surface area contributed by atoms with Crippen molar-refractivity contribution in [2.75, 3.05) is 21.3 Å². The van der Waals surface area contributed by atoms with Crippen molar-refractivity contribution in [1.82, 2.24) is 0 Å². The highest BCUT2D eigenvalue weighted by atomic mass is 16.5. The third-order valence-electron chi connectivity index (χ3n) is 2.85. The molecule has 1 aliphatic carbocycles. The molecule has 0 fully saturated rings. The van der Waals surface area contributed by atoms with Crippen molar-refractivity contribution in [3.05, 3.63) is 23.8 Å². The van der Waals surface area contributed by atoms with Gasteiger partial charge in [-0.05, 0) is 30.5 Å². The Bertz CT molecular complexity index is 421. The van der Waals surface area contributed by atoms with E-state index in [-0.39, 0.29) is 0 Å². The van der Waals surface area contributed by atoms with Crippen LogP contribution in [0.25, 0.3) is 5.57 Å². The van der Waals surface area contributed by atoms with Gasteiger partial charge in [0.2, 0.25) is 5.75 Å². The van der Waals surface area contributed by atoms with E-state index in [2.05, 4.69) is 6.08 Å². The summed E-state index contributed by atoms with van der Waals surface area (Å²) in [7, 11) is 4.90. The molecular formula is C13H16O3. The summed E-state index contributed by atoms with van der Waals surface area (Å²) in [5.41, 5.74) is 2.42. The second-order valence-corrected chi connectivity index (χ2v) is 3.65. The van der Waals surface area contributed by atoms with E-state index >= 15 is 0 Å². The van der Waals surface area contributed by atoms with Crippen LogP contribution in [-0.4, -0.2) is 21.3 Å². The Hall–Kier alpha value is -1.64. The first-order chi connectivity index (χ1) is 7.81. The summed E-state index contributed by atoms with van der Waals surface area (Å²) in [5, 5.41) is 0. The summed E-state index contributed by atoms with van der Waals surface area (Å²) >= 11 is 0. The average molecular weight is 220 g/mol. The summed E-state index contributed by atoms with van der Waals surface area (Å²) < 4.78 is 16.0. The lowest BCUT2D eigenvalue weighted by molar-refractivity contribution is 0.323. The molecule has 0 saturated heterocycles. The lowest BCUT2D eigenvalue weighted by atomic mass is 9.91. The predicted molar refractivity (Wildman–Crippen MR) is 63.3 cm³/mol. The number of hydrogen-bond donors (Lipinski definition) is 0. The molecule has 16 heavy (non-hydrogen) atoms. The lowest BCUT2D eigenvalue weighted by Crippen LogP contribution is -2.01. The average Bonchev–Trinajstić information content (AvgIpc) is 2.25. The molecule has 3 nitrogen and oxygen atoms in total. The molecular weight excluding hydrogens is 204 g/mol. The molecule has 0 N–H and O–H groups in total. The molecule has 0 aromatic heterocycles. The minimum absolute atomic E-state index is 0.662. The summed E-state index contributed by atoms with van der Waals surface area (Å²) in [4.78, 5) is 0. The lowest BCUT2D eigenvalue weighted by Gasteiger charge is -2.20. The van der Waals surface area contributed by atoms with Gasteiger partial charge in [0.25, 0.3) is 0 Å². The molecule has 1 aromatic carbocycles. The van der Waals surface area contributed by atoms with E-state index in [0.29, 0.717) is 11.5 Å². The van der Waals surface area contributed by atoms with Crippen LogP contribution in [0, 0.1) is 0 Å². The zero-order valence-corrected chi connectivity index (χ0v) is 9.87. The largest absolute Gasteiger partial charge is 0.493 e. The molecule has 0 atom stereocenters. The van der Waals surface area contributed by atoms with Gasteiger partial charge < -0.3 is 14.2 Å². The molecule has 0 aliphatic heterocycles. The van der Waals surface area contributed by atoms with Crippen LogP contribution in [0.4, 0.5) is 0 Å². The zero-order chi connectivity index (χ0) is 11.5. The van der Waals surface area contributed by atoms with E-state index in [4.69, 9.17) is 14.2 Å². The monoisotopic (exact) mass is 220 g/mol. The Morgan fingerprint density at radius 1 is 0.938 bits per heavy atom. The van der Waals surface area contributed by atoms with Crippen molar-refractivity contribution in [3.63, 3.8) is 0 Å². The van der Waals surface area contributed by atoms with E-state index in [1.807, 2.05) is 12.1 Å². The molecule has 0 radical (unpaired) electrons. The van der Waals surface area contributed by atoms with E-state index in [1.165, 1.54) is 5.57 Å². The molecule has 3 heteroatoms. The summed E-state index contributed by atoms with van der Waals surface area (Å²) in [6.45, 7) is 0. The molecule has 86 valence electrons. The summed E-state index contributed by atoms with van der Waals surface area (Å²) in [5.74, 6) is 2.12. The number of rotatable bonds is 4. The van der Waals surface area contributed by atoms with Crippen LogP contribution in [-0.2, 0) is 0 Å². The molecule has 1 aliphatic rings. The highest BCUT2D eigenvalue weighted by Crippen LogP contribution is 2.45. The van der Waals surface area contributed by atoms with Gasteiger partial charge in [0.05, 0.1) is 21.3 Å². The zero-order valence-electron chi connectivity index (χ0n) is 9.87. The maximum atomic E-state index is 5.42. The summed E-state index contributed by atoms with van der Waals surface area (Å²) in [6.07, 6.45) is 4.46. The quantitative estimate of drug-likeness (QED) is 0.780. The summed E-state index contributed by atoms with van der Waals surface area (Å²) in [6, 6.07) is 3.93. The van der Waals surface area contributed by atoms with E-state index in [0.717, 1.165) is 24.2 Å². The van der Waals surface area contributed by atoms with Crippen molar-refractivity contribution >= 4 is 5.57 Å². The second-order valence-electron chi connectivity index (χ2n) is 3.65. The highest BCUT2D eigenvalue weighted by molar-refractivity contribution is 5.77. The molecule has 0 saturated carbocycles. The van der Waals surface area contributed by atoms with Crippen LogP contribution in [0.3, 0.4) is 0 Å². The van der Waals surface area contributed by atoms with Crippen molar-refractivity contribution in [1.29, 1.82) is 0 Å². The molecule has 0 unspecified atom stereocenters. The third kappa shape index (κ3) is 1.62. The van der Waals surface area contributed by atoms with Crippen LogP contribution in [0.2, 0.25) is 0 Å². The molecule has 0 bridgehead atoms. The van der Waals surface area contributed by atoms with Crippen molar-refractivity contribution in [2.45, 2.75) is 12.8 Å². The van der Waals surface area contributed by atoms with Gasteiger partial charge in [-0.15, -0.1) is 0 Å². The first kappa shape index (κ1) is 10.9. The Labute approximate surface area is 95.6 Å². The Kier molecular flexibility index (Phi) is 3.04. The van der Waals surface area contributed by atoms with E-state index in [1.54, 1.807) is 21.3 Å². The molecule has 0 amide bonds. The number of allylic oxidation sites excluding steroid dienone is 2. The number of benzene rings is 1. The first-order valence-electron chi connectivity index (χ1n) is 5.30. The second kappa shape index (κ2) is 4.47. The number of methoxy groups -OCH3 is 3. The van der Waals surface area contributed by atoms with Gasteiger partial charge in [-0.25, -0.2) is 0 Å². The van der Waals surface area contributed by atoms with Crippen LogP contribution in [0.5, 0.6) is 17.2 Å². The number of hydrogen-bond acceptors (Lipinski definition) is 3. The molecule has 0 spiro atoms. The fourth-order valence-electron chi connectivity index (χ4n) is 1.89. The van der Waals surface area contributed by atoms with Gasteiger partial charge >= 0.3 is 0 Å². The molecule has 2 rings (SSSR count). The van der Waals surface area contributed by atoms with E-state index < -0.39 is 0 Å². The van der Waals surface area contributed by atoms with Gasteiger partial charge in [-0.3, -0.25) is 0 Å². The first-order valence-corrected chi connectivity index (χ1v) is 5.30. The van der Waals surface area contributed by atoms with Gasteiger partial charge in [-0.2, -0.15) is 0 Å². The smallest absolute Gasteiger partial charge is 0.203 e. The van der Waals surface area contributed by atoms with Crippen molar-refractivity contribution in [3.8, 4) is 17.2 Å². The Morgan fingerprint density at radius 2 is 1.62 bits per heavy atom. The highest BCUT2D eigenvalue weighted by Gasteiger charge is 2.20. The Morgan fingerprint density at radius 3 is 2.06 bits per heavy atom. The maximum absolute atomic E-state index is 5.42. The number of ether oxygens (including phenoxy) is 3. The van der Waals surface area contributed by atoms with Gasteiger partial charge in [-0.1, -0.05) is 6.08 Å². The fourth-order valence-corrected chi connectivity index (χ4v) is 1.89. The van der Waals surface area contributed by atoms with Crippen molar-refractivity contribution < 1.29 is 14.2 Å². The standard InChI is InChI=1S/C13H16O3/c1-14-11-8-7-10(9-5-4-6-9)12(15-2)13(11)16-3/h5,7-8H,4,6H2,1-3H3. The van der Waals surface area contributed by atoms with Crippen LogP contribution < -0.4 is 14.2 Å². The fraction of sp³-hybridized carbons (Fsp3) is 0.385. The maximum Gasteiger partial charge on any atom is 0.203 e. The third-order valence-corrected chi connectivity index (χ3v) is 2.85. The van der Waals surface area contributed by atoms with E-state index in [9.17, 15) is 0 Å².